The lowest BCUT2D eigenvalue weighted by molar-refractivity contribution is -0.117. The molecule has 1 unspecified atom stereocenters. The molecular formula is C12H22Cl2O2S2Si. The molecule has 0 radical (unpaired) electrons. The molecule has 0 aliphatic rings. The van der Waals surface area contributed by atoms with Crippen LogP contribution in [0.2, 0.25) is 25.7 Å². The zero-order valence-corrected chi connectivity index (χ0v) is 16.0. The average molecular weight is 361 g/mol. The van der Waals surface area contributed by atoms with E-state index in [0.717, 1.165) is 12.5 Å². The number of ether oxygens (including phenoxy) is 1. The van der Waals surface area contributed by atoms with Gasteiger partial charge in [-0.25, -0.2) is 0 Å². The summed E-state index contributed by atoms with van der Waals surface area (Å²) in [4.78, 5) is 10.6. The van der Waals surface area contributed by atoms with E-state index in [-0.39, 0.29) is 5.78 Å². The highest BCUT2D eigenvalue weighted by Crippen LogP contribution is 2.28. The van der Waals surface area contributed by atoms with Crippen molar-refractivity contribution < 1.29 is 9.53 Å². The third-order valence-corrected chi connectivity index (χ3v) is 6.27. The van der Waals surface area contributed by atoms with Gasteiger partial charge in [0, 0.05) is 19.7 Å². The van der Waals surface area contributed by atoms with Gasteiger partial charge in [-0.05, 0) is 31.6 Å². The molecule has 0 aliphatic carbocycles. The van der Waals surface area contributed by atoms with Crippen LogP contribution in [-0.4, -0.2) is 34.9 Å². The van der Waals surface area contributed by atoms with Gasteiger partial charge in [0.25, 0.3) is 0 Å². The topological polar surface area (TPSA) is 26.3 Å². The van der Waals surface area contributed by atoms with E-state index in [1.165, 1.54) is 0 Å². The maximum absolute atomic E-state index is 11.5. The van der Waals surface area contributed by atoms with Crippen LogP contribution in [0.5, 0.6) is 0 Å². The van der Waals surface area contributed by atoms with Crippen molar-refractivity contribution in [3.63, 3.8) is 0 Å². The van der Waals surface area contributed by atoms with Gasteiger partial charge < -0.3 is 4.74 Å². The van der Waals surface area contributed by atoms with Crippen LogP contribution in [0.3, 0.4) is 0 Å². The molecule has 0 amide bonds. The number of Topliss-reactive ketones (excluding diaryl/α,β-unsaturated/α-hetero) is 1. The Labute approximate surface area is 136 Å². The number of hydrogen-bond donors (Lipinski definition) is 0. The molecule has 0 aromatic rings. The molecule has 7 heteroatoms. The molecule has 1 atom stereocenters. The van der Waals surface area contributed by atoms with E-state index < -0.39 is 12.9 Å². The van der Waals surface area contributed by atoms with Crippen LogP contribution in [0.1, 0.15) is 19.8 Å². The first kappa shape index (κ1) is 19.7. The molecule has 0 fully saturated rings. The predicted octanol–water partition coefficient (Wildman–Crippen LogP) is 4.90. The fraction of sp³-hybridized carbons (Fsp3) is 0.833. The van der Waals surface area contributed by atoms with Crippen LogP contribution in [0.25, 0.3) is 0 Å². The Morgan fingerprint density at radius 3 is 2.37 bits per heavy atom. The van der Waals surface area contributed by atoms with Crippen LogP contribution in [0.15, 0.2) is 0 Å². The van der Waals surface area contributed by atoms with E-state index in [0.29, 0.717) is 22.7 Å². The van der Waals surface area contributed by atoms with Crippen LogP contribution >= 0.6 is 47.2 Å². The number of alkyl halides is 2. The molecule has 112 valence electrons. The summed E-state index contributed by atoms with van der Waals surface area (Å²) >= 11 is 17.9. The van der Waals surface area contributed by atoms with Crippen molar-refractivity contribution in [3.8, 4) is 0 Å². The average Bonchev–Trinajstić information content (AvgIpc) is 2.23. The Balaban J connectivity index is 4.42. The Hall–Kier alpha value is 0.707. The molecule has 0 spiro atoms. The summed E-state index contributed by atoms with van der Waals surface area (Å²) in [6.45, 7) is 9.40. The maximum Gasteiger partial charge on any atom is 0.220 e. The third-order valence-electron chi connectivity index (χ3n) is 2.32. The van der Waals surface area contributed by atoms with Crippen molar-refractivity contribution in [2.24, 2.45) is 0 Å². The fourth-order valence-corrected chi connectivity index (χ4v) is 6.43. The van der Waals surface area contributed by atoms with E-state index in [9.17, 15) is 4.79 Å². The van der Waals surface area contributed by atoms with Crippen molar-refractivity contribution in [2.45, 2.75) is 55.5 Å². The first-order valence-corrected chi connectivity index (χ1v) is 12.2. The van der Waals surface area contributed by atoms with Crippen LogP contribution in [-0.2, 0) is 9.53 Å². The zero-order valence-electron chi connectivity index (χ0n) is 11.9. The molecule has 2 nitrogen and oxygen atoms in total. The molecule has 0 aliphatic heterocycles. The molecule has 19 heavy (non-hydrogen) atoms. The highest BCUT2D eigenvalue weighted by atomic mass is 35.5. The lowest BCUT2D eigenvalue weighted by Gasteiger charge is -2.24. The Kier molecular flexibility index (Phi) is 9.97. The summed E-state index contributed by atoms with van der Waals surface area (Å²) in [6, 6.07) is 1.09. The second kappa shape index (κ2) is 9.61. The lowest BCUT2D eigenvalue weighted by atomic mass is 10.2. The molecule has 0 aromatic carbocycles. The van der Waals surface area contributed by atoms with Crippen molar-refractivity contribution in [2.75, 3.05) is 6.61 Å². The van der Waals surface area contributed by atoms with Gasteiger partial charge in [0.2, 0.25) is 4.38 Å². The molecule has 0 saturated heterocycles. The molecule has 0 rings (SSSR count). The maximum atomic E-state index is 11.5. The Bertz CT molecular complexity index is 307. The molecule has 0 aromatic heterocycles. The number of hydrogen-bond acceptors (Lipinski definition) is 4. The summed E-state index contributed by atoms with van der Waals surface area (Å²) in [5.74, 6) is -0.119. The quantitative estimate of drug-likeness (QED) is 0.349. The number of halogens is 2. The summed E-state index contributed by atoms with van der Waals surface area (Å²) in [7, 11) is -1.22. The monoisotopic (exact) mass is 360 g/mol. The van der Waals surface area contributed by atoms with Gasteiger partial charge in [-0.2, -0.15) is 0 Å². The van der Waals surface area contributed by atoms with E-state index >= 15 is 0 Å². The van der Waals surface area contributed by atoms with Crippen molar-refractivity contribution >= 4 is 65.4 Å². The second-order valence-electron chi connectivity index (χ2n) is 5.49. The number of thioether (sulfide) groups is 1. The fourth-order valence-electron chi connectivity index (χ4n) is 1.59. The molecule has 0 saturated carbocycles. The molecular weight excluding hydrogens is 339 g/mol. The van der Waals surface area contributed by atoms with Crippen LogP contribution < -0.4 is 0 Å². The minimum atomic E-state index is -1.22. The number of carbonyl (C=O) groups excluding carboxylic acids is 1. The molecule has 0 heterocycles. The summed E-state index contributed by atoms with van der Waals surface area (Å²) < 4.78 is 5.88. The number of rotatable bonds is 8. The standard InChI is InChI=1S/C12H22Cl2O2S2Si/c1-5-16-12(17)18-9(8-19(2,3)4)6-7-10(15)11(13)14/h9,11H,5-8H2,1-4H3. The number of ketones is 1. The van der Waals surface area contributed by atoms with E-state index in [1.807, 2.05) is 6.92 Å². The van der Waals surface area contributed by atoms with E-state index in [1.54, 1.807) is 11.8 Å². The lowest BCUT2D eigenvalue weighted by Crippen LogP contribution is -2.27. The first-order valence-electron chi connectivity index (χ1n) is 6.30. The van der Waals surface area contributed by atoms with Gasteiger partial charge in [0.05, 0.1) is 6.61 Å². The van der Waals surface area contributed by atoms with Gasteiger partial charge >= 0.3 is 0 Å². The second-order valence-corrected chi connectivity index (χ2v) is 14.0. The van der Waals surface area contributed by atoms with Crippen molar-refractivity contribution in [3.05, 3.63) is 0 Å². The van der Waals surface area contributed by atoms with Crippen molar-refractivity contribution in [1.29, 1.82) is 0 Å². The minimum Gasteiger partial charge on any atom is -0.479 e. The van der Waals surface area contributed by atoms with Crippen molar-refractivity contribution in [1.82, 2.24) is 0 Å². The van der Waals surface area contributed by atoms with Gasteiger partial charge in [0.1, 0.15) is 0 Å². The molecule has 0 N–H and O–H groups in total. The van der Waals surface area contributed by atoms with Gasteiger partial charge in [-0.3, -0.25) is 4.79 Å². The SMILES string of the molecule is CCOC(=S)SC(CCC(=O)C(Cl)Cl)C[Si](C)(C)C. The summed E-state index contributed by atoms with van der Waals surface area (Å²) in [5, 5.41) is 0.307. The van der Waals surface area contributed by atoms with Crippen LogP contribution in [0, 0.1) is 0 Å². The molecule has 0 bridgehead atoms. The Morgan fingerprint density at radius 1 is 1.37 bits per heavy atom. The van der Waals surface area contributed by atoms with E-state index in [2.05, 4.69) is 19.6 Å². The Morgan fingerprint density at radius 2 is 1.95 bits per heavy atom. The number of carbonyl (C=O) groups is 1. The van der Waals surface area contributed by atoms with Gasteiger partial charge in [-0.15, -0.1) is 0 Å². The first-order chi connectivity index (χ1) is 8.65. The highest BCUT2D eigenvalue weighted by Gasteiger charge is 2.24. The van der Waals surface area contributed by atoms with Gasteiger partial charge in [-0.1, -0.05) is 54.6 Å². The minimum absolute atomic E-state index is 0.119. The third kappa shape index (κ3) is 11.1. The predicted molar refractivity (Wildman–Crippen MR) is 93.5 cm³/mol. The summed E-state index contributed by atoms with van der Waals surface area (Å²) in [6.07, 6.45) is 1.14. The number of thiocarbonyl (C=S) groups is 1. The van der Waals surface area contributed by atoms with Gasteiger partial charge in [0.15, 0.2) is 10.6 Å². The van der Waals surface area contributed by atoms with Crippen LogP contribution in [0.4, 0.5) is 0 Å². The summed E-state index contributed by atoms with van der Waals surface area (Å²) in [5.41, 5.74) is 0. The largest absolute Gasteiger partial charge is 0.479 e. The van der Waals surface area contributed by atoms with E-state index in [4.69, 9.17) is 40.2 Å². The zero-order chi connectivity index (χ0) is 15.1. The highest BCUT2D eigenvalue weighted by molar-refractivity contribution is 8.23. The normalized spacial score (nSPS) is 13.4. The smallest absolute Gasteiger partial charge is 0.220 e.